The highest BCUT2D eigenvalue weighted by Crippen LogP contribution is 2.50. The molecule has 0 bridgehead atoms. The normalized spacial score (nSPS) is 28.2. The number of fused-ring (bicyclic) bond motifs is 2. The Kier molecular flexibility index (Phi) is 7.94. The minimum atomic E-state index is -1.48. The summed E-state index contributed by atoms with van der Waals surface area (Å²) >= 11 is 6.65. The lowest BCUT2D eigenvalue weighted by molar-refractivity contribution is -0.277. The van der Waals surface area contributed by atoms with Crippen molar-refractivity contribution in [2.24, 2.45) is 11.3 Å². The summed E-state index contributed by atoms with van der Waals surface area (Å²) in [6.07, 6.45) is -3.72. The lowest BCUT2D eigenvalue weighted by atomic mass is 9.74. The number of ether oxygens (including phenoxy) is 2. The number of aryl methyl sites for hydroxylation is 1. The first kappa shape index (κ1) is 27.9. The first-order valence-corrected chi connectivity index (χ1v) is 13.2. The third-order valence-corrected chi connectivity index (χ3v) is 8.18. The van der Waals surface area contributed by atoms with Crippen molar-refractivity contribution in [1.82, 2.24) is 0 Å². The maximum Gasteiger partial charge on any atom is 0.307 e. The van der Waals surface area contributed by atoms with Crippen LogP contribution >= 0.6 is 11.6 Å². The van der Waals surface area contributed by atoms with E-state index in [1.807, 2.05) is 64.1 Å². The van der Waals surface area contributed by atoms with Crippen LogP contribution in [-0.4, -0.2) is 57.4 Å². The molecule has 4 N–H and O–H groups in total. The van der Waals surface area contributed by atoms with E-state index in [4.69, 9.17) is 21.1 Å². The number of aliphatic hydroxyl groups is 3. The summed E-state index contributed by atoms with van der Waals surface area (Å²) in [5, 5.41) is 43.3. The van der Waals surface area contributed by atoms with Gasteiger partial charge in [0.25, 0.3) is 0 Å². The molecule has 0 saturated carbocycles. The van der Waals surface area contributed by atoms with Crippen molar-refractivity contribution < 1.29 is 34.7 Å². The molecule has 8 heteroatoms. The van der Waals surface area contributed by atoms with Crippen LogP contribution in [0.3, 0.4) is 0 Å². The van der Waals surface area contributed by atoms with Crippen LogP contribution in [0.1, 0.15) is 62.8 Å². The molecule has 7 nitrogen and oxygen atoms in total. The molecule has 1 saturated heterocycles. The summed E-state index contributed by atoms with van der Waals surface area (Å²) in [5.74, 6) is -1.01. The van der Waals surface area contributed by atoms with E-state index >= 15 is 0 Å². The Morgan fingerprint density at radius 3 is 2.43 bits per heavy atom. The van der Waals surface area contributed by atoms with E-state index in [0.29, 0.717) is 30.9 Å². The summed E-state index contributed by atoms with van der Waals surface area (Å²) in [5.41, 5.74) is 1.66. The Hall–Kier alpha value is -2.16. The molecule has 1 aliphatic carbocycles. The topological polar surface area (TPSA) is 116 Å². The number of aliphatic carboxylic acids is 1. The molecule has 4 rings (SSSR count). The van der Waals surface area contributed by atoms with E-state index in [2.05, 4.69) is 0 Å². The fourth-order valence-corrected chi connectivity index (χ4v) is 5.96. The van der Waals surface area contributed by atoms with Crippen molar-refractivity contribution in [3.63, 3.8) is 0 Å². The van der Waals surface area contributed by atoms with Crippen LogP contribution in [0.2, 0.25) is 5.02 Å². The monoisotopic (exact) mass is 532 g/mol. The van der Waals surface area contributed by atoms with Gasteiger partial charge in [0.15, 0.2) is 0 Å². The fourth-order valence-electron chi connectivity index (χ4n) is 5.71. The standard InChI is InChI=1S/C29H37ClO7/c1-5-36-19-8-6-16(7-9-19)12-18-13-20-17(14-22(18)30)10-11-29(20)26(33)25(32)24(31)23(37-29)15-21(27(34)35)28(2,3)4/h6-9,13-14,21,23-26,31-33H,5,10-12,15H2,1-4H3,(H,34,35)/t21?,23-,24-,25+,26-,29+/m1/s1. The second-order valence-corrected chi connectivity index (χ2v) is 11.7. The highest BCUT2D eigenvalue weighted by molar-refractivity contribution is 6.31. The van der Waals surface area contributed by atoms with Crippen molar-refractivity contribution in [3.05, 3.63) is 63.7 Å². The molecule has 1 spiro atoms. The maximum atomic E-state index is 12.0. The SMILES string of the molecule is CCOc1ccc(Cc2cc3c(cc2Cl)CC[C@]32O[C@H](CC(C(=O)O)C(C)(C)C)[C@@H](O)[C@H](O)[C@H]2O)cc1. The van der Waals surface area contributed by atoms with Crippen LogP contribution in [-0.2, 0) is 28.0 Å². The van der Waals surface area contributed by atoms with E-state index in [0.717, 1.165) is 28.0 Å². The van der Waals surface area contributed by atoms with Gasteiger partial charge < -0.3 is 29.9 Å². The van der Waals surface area contributed by atoms with Gasteiger partial charge in [0.1, 0.15) is 29.7 Å². The molecule has 2 aromatic rings. The number of carbonyl (C=O) groups is 1. The zero-order valence-corrected chi connectivity index (χ0v) is 22.5. The number of benzene rings is 2. The molecule has 1 aliphatic heterocycles. The van der Waals surface area contributed by atoms with Crippen LogP contribution < -0.4 is 4.74 Å². The van der Waals surface area contributed by atoms with Gasteiger partial charge in [-0.15, -0.1) is 0 Å². The lowest BCUT2D eigenvalue weighted by Gasteiger charge is -2.49. The lowest BCUT2D eigenvalue weighted by Crippen LogP contribution is -2.62. The molecule has 1 unspecified atom stereocenters. The summed E-state index contributed by atoms with van der Waals surface area (Å²) in [6, 6.07) is 11.6. The van der Waals surface area contributed by atoms with Gasteiger partial charge in [-0.2, -0.15) is 0 Å². The predicted octanol–water partition coefficient (Wildman–Crippen LogP) is 4.09. The second-order valence-electron chi connectivity index (χ2n) is 11.3. The third kappa shape index (κ3) is 5.38. The average molecular weight is 533 g/mol. The van der Waals surface area contributed by atoms with E-state index in [1.165, 1.54) is 0 Å². The highest BCUT2D eigenvalue weighted by atomic mass is 35.5. The number of hydrogen-bond donors (Lipinski definition) is 4. The van der Waals surface area contributed by atoms with Gasteiger partial charge in [0.05, 0.1) is 18.6 Å². The molecule has 2 aliphatic rings. The molecule has 6 atom stereocenters. The number of carboxylic acid groups (broad SMARTS) is 1. The molecule has 0 aromatic heterocycles. The molecule has 37 heavy (non-hydrogen) atoms. The molecular formula is C29H37ClO7. The van der Waals surface area contributed by atoms with Crippen LogP contribution in [0.15, 0.2) is 36.4 Å². The average Bonchev–Trinajstić information content (AvgIpc) is 3.17. The van der Waals surface area contributed by atoms with Gasteiger partial charge in [0, 0.05) is 5.02 Å². The second kappa shape index (κ2) is 10.5. The quantitative estimate of drug-likeness (QED) is 0.424. The maximum absolute atomic E-state index is 12.0. The van der Waals surface area contributed by atoms with Crippen LogP contribution in [0.5, 0.6) is 5.75 Å². The molecule has 0 radical (unpaired) electrons. The van der Waals surface area contributed by atoms with Gasteiger partial charge in [-0.1, -0.05) is 50.6 Å². The van der Waals surface area contributed by atoms with Crippen molar-refractivity contribution in [2.45, 2.75) is 83.4 Å². The summed E-state index contributed by atoms with van der Waals surface area (Å²) in [6.45, 7) is 7.98. The van der Waals surface area contributed by atoms with E-state index in [-0.39, 0.29) is 6.42 Å². The van der Waals surface area contributed by atoms with Gasteiger partial charge in [-0.25, -0.2) is 0 Å². The van der Waals surface area contributed by atoms with Crippen LogP contribution in [0.4, 0.5) is 0 Å². The first-order chi connectivity index (χ1) is 17.4. The molecule has 1 heterocycles. The predicted molar refractivity (Wildman–Crippen MR) is 140 cm³/mol. The minimum absolute atomic E-state index is 0.00743. The molecule has 2 aromatic carbocycles. The zero-order chi connectivity index (χ0) is 27.1. The Morgan fingerprint density at radius 1 is 1.16 bits per heavy atom. The Balaban J connectivity index is 1.67. The number of rotatable bonds is 7. The molecular weight excluding hydrogens is 496 g/mol. The summed E-state index contributed by atoms with van der Waals surface area (Å²) in [7, 11) is 0. The van der Waals surface area contributed by atoms with Crippen molar-refractivity contribution >= 4 is 17.6 Å². The van der Waals surface area contributed by atoms with Crippen LogP contribution in [0.25, 0.3) is 0 Å². The molecule has 1 fully saturated rings. The smallest absolute Gasteiger partial charge is 0.307 e. The van der Waals surface area contributed by atoms with Gasteiger partial charge in [-0.05, 0) is 78.5 Å². The molecule has 0 amide bonds. The Bertz CT molecular complexity index is 1130. The molecule has 202 valence electrons. The van der Waals surface area contributed by atoms with Crippen molar-refractivity contribution in [2.75, 3.05) is 6.61 Å². The fraction of sp³-hybridized carbons (Fsp3) is 0.552. The van der Waals surface area contributed by atoms with Gasteiger partial charge >= 0.3 is 5.97 Å². The van der Waals surface area contributed by atoms with E-state index < -0.39 is 47.3 Å². The number of carboxylic acids is 1. The summed E-state index contributed by atoms with van der Waals surface area (Å²) in [4.78, 5) is 12.0. The van der Waals surface area contributed by atoms with Crippen molar-refractivity contribution in [3.8, 4) is 5.75 Å². The van der Waals surface area contributed by atoms with E-state index in [1.54, 1.807) is 0 Å². The number of hydrogen-bond acceptors (Lipinski definition) is 6. The zero-order valence-electron chi connectivity index (χ0n) is 21.8. The first-order valence-electron chi connectivity index (χ1n) is 12.9. The highest BCUT2D eigenvalue weighted by Gasteiger charge is 2.57. The van der Waals surface area contributed by atoms with E-state index in [9.17, 15) is 25.2 Å². The largest absolute Gasteiger partial charge is 0.494 e. The van der Waals surface area contributed by atoms with Gasteiger partial charge in [-0.3, -0.25) is 4.79 Å². The van der Waals surface area contributed by atoms with Crippen LogP contribution in [0, 0.1) is 11.3 Å². The Morgan fingerprint density at radius 2 is 1.84 bits per heavy atom. The number of aliphatic hydroxyl groups excluding tert-OH is 3. The van der Waals surface area contributed by atoms with Gasteiger partial charge in [0.2, 0.25) is 0 Å². The van der Waals surface area contributed by atoms with Crippen molar-refractivity contribution in [1.29, 1.82) is 0 Å². The third-order valence-electron chi connectivity index (χ3n) is 7.83. The minimum Gasteiger partial charge on any atom is -0.494 e. The summed E-state index contributed by atoms with van der Waals surface area (Å²) < 4.78 is 12.0. The number of halogens is 1. The Labute approximate surface area is 223 Å².